The topological polar surface area (TPSA) is 83.6 Å². The van der Waals surface area contributed by atoms with Gasteiger partial charge in [-0.1, -0.05) is 17.7 Å². The molecule has 0 unspecified atom stereocenters. The van der Waals surface area contributed by atoms with Crippen molar-refractivity contribution in [3.8, 4) is 5.69 Å². The molecule has 2 aliphatic heterocycles. The predicted octanol–water partition coefficient (Wildman–Crippen LogP) is 4.28. The second-order valence-electron chi connectivity index (χ2n) is 11.4. The van der Waals surface area contributed by atoms with Crippen molar-refractivity contribution in [2.75, 3.05) is 31.5 Å². The second kappa shape index (κ2) is 10.2. The molecular weight excluding hydrogens is 488 g/mol. The highest BCUT2D eigenvalue weighted by Gasteiger charge is 2.35. The van der Waals surface area contributed by atoms with Crippen LogP contribution in [0, 0.1) is 6.92 Å². The molecule has 3 aromatic heterocycles. The summed E-state index contributed by atoms with van der Waals surface area (Å²) in [5, 5.41) is 12.4. The van der Waals surface area contributed by atoms with Crippen LogP contribution in [0.4, 0.5) is 5.82 Å². The van der Waals surface area contributed by atoms with Crippen molar-refractivity contribution in [3.63, 3.8) is 0 Å². The molecule has 3 fully saturated rings. The molecule has 0 bridgehead atoms. The molecule has 0 atom stereocenters. The van der Waals surface area contributed by atoms with E-state index in [1.54, 1.807) is 29.2 Å². The number of hydrogen-bond donors (Lipinski definition) is 1. The minimum Gasteiger partial charge on any atom is -0.306 e. The van der Waals surface area contributed by atoms with E-state index in [2.05, 4.69) is 62.5 Å². The molecule has 1 saturated carbocycles. The second-order valence-corrected chi connectivity index (χ2v) is 11.4. The fourth-order valence-electron chi connectivity index (χ4n) is 6.36. The van der Waals surface area contributed by atoms with Gasteiger partial charge < -0.3 is 15.1 Å². The minimum absolute atomic E-state index is 0.240. The Kier molecular flexibility index (Phi) is 6.40. The van der Waals surface area contributed by atoms with Crippen LogP contribution in [0.15, 0.2) is 55.0 Å². The number of rotatable bonds is 6. The number of piperidine rings is 2. The molecule has 1 amide bonds. The normalized spacial score (nSPS) is 20.0. The molecule has 7 rings (SSSR count). The lowest BCUT2D eigenvalue weighted by molar-refractivity contribution is 0.0840. The quantitative estimate of drug-likeness (QED) is 0.405. The summed E-state index contributed by atoms with van der Waals surface area (Å²) < 4.78 is 3.48. The van der Waals surface area contributed by atoms with E-state index < -0.39 is 0 Å². The van der Waals surface area contributed by atoms with Crippen LogP contribution in [0.25, 0.3) is 11.3 Å². The fraction of sp³-hybridized carbons (Fsp3) is 0.467. The maximum Gasteiger partial charge on any atom is 0.262 e. The number of amides is 1. The van der Waals surface area contributed by atoms with Crippen molar-refractivity contribution in [3.05, 3.63) is 71.8 Å². The molecule has 0 spiro atoms. The number of anilines is 1. The number of aromatic nitrogens is 5. The van der Waals surface area contributed by atoms with Crippen LogP contribution >= 0.6 is 0 Å². The van der Waals surface area contributed by atoms with E-state index in [9.17, 15) is 4.79 Å². The number of hydrogen-bond acceptors (Lipinski definition) is 6. The number of aryl methyl sites for hydroxylation is 1. The van der Waals surface area contributed by atoms with E-state index in [0.717, 1.165) is 49.4 Å². The molecule has 9 nitrogen and oxygen atoms in total. The summed E-state index contributed by atoms with van der Waals surface area (Å²) in [6.07, 6.45) is 12.6. The lowest BCUT2D eigenvalue weighted by Gasteiger charge is -2.41. The van der Waals surface area contributed by atoms with Crippen LogP contribution in [0.1, 0.15) is 66.1 Å². The van der Waals surface area contributed by atoms with Crippen LogP contribution in [0.2, 0.25) is 0 Å². The first-order chi connectivity index (χ1) is 19.1. The smallest absolute Gasteiger partial charge is 0.262 e. The van der Waals surface area contributed by atoms with E-state index in [4.69, 9.17) is 5.10 Å². The number of nitrogens with zero attached hydrogens (tertiary/aromatic N) is 7. The van der Waals surface area contributed by atoms with Crippen molar-refractivity contribution < 1.29 is 4.79 Å². The molecule has 0 radical (unpaired) electrons. The van der Waals surface area contributed by atoms with E-state index in [1.807, 2.05) is 4.68 Å². The number of nitrogens with one attached hydrogen (secondary N) is 1. The number of carbonyl (C=O) groups excluding carboxylic acids is 1. The van der Waals surface area contributed by atoms with Crippen molar-refractivity contribution >= 4 is 17.4 Å². The Morgan fingerprint density at radius 3 is 2.33 bits per heavy atom. The van der Waals surface area contributed by atoms with Gasteiger partial charge in [-0.3, -0.25) is 4.79 Å². The lowest BCUT2D eigenvalue weighted by atomic mass is 9.91. The zero-order valence-electron chi connectivity index (χ0n) is 22.5. The molecule has 1 N–H and O–H groups in total. The molecule has 39 heavy (non-hydrogen) atoms. The average Bonchev–Trinajstić information content (AvgIpc) is 3.61. The third kappa shape index (κ3) is 4.96. The Morgan fingerprint density at radius 1 is 0.923 bits per heavy atom. The molecule has 1 aromatic carbocycles. The number of likely N-dealkylation sites (tertiary alicyclic amines) is 2. The Bertz CT molecular complexity index is 1450. The fourth-order valence-corrected chi connectivity index (χ4v) is 6.36. The van der Waals surface area contributed by atoms with E-state index in [0.29, 0.717) is 22.9 Å². The van der Waals surface area contributed by atoms with Crippen molar-refractivity contribution in [2.24, 2.45) is 0 Å². The van der Waals surface area contributed by atoms with Crippen LogP contribution < -0.4 is 5.32 Å². The number of carbonyl (C=O) groups is 1. The van der Waals surface area contributed by atoms with E-state index in [-0.39, 0.29) is 5.91 Å². The Balaban J connectivity index is 1.08. The average molecular weight is 525 g/mol. The van der Waals surface area contributed by atoms with Crippen molar-refractivity contribution in [2.45, 2.75) is 63.5 Å². The highest BCUT2D eigenvalue weighted by Crippen LogP contribution is 2.34. The summed E-state index contributed by atoms with van der Waals surface area (Å²) in [7, 11) is 0. The van der Waals surface area contributed by atoms with Crippen LogP contribution in [0.5, 0.6) is 0 Å². The maximum atomic E-state index is 13.3. The molecule has 5 heterocycles. The maximum absolute atomic E-state index is 13.3. The minimum atomic E-state index is -0.240. The van der Waals surface area contributed by atoms with Gasteiger partial charge in [0.15, 0.2) is 5.65 Å². The summed E-state index contributed by atoms with van der Waals surface area (Å²) in [5.41, 5.74) is 4.14. The molecule has 2 saturated heterocycles. The van der Waals surface area contributed by atoms with Gasteiger partial charge in [0.05, 0.1) is 17.6 Å². The SMILES string of the molecule is Cc1ccc(-n2nc(C3CCN(C4CCN(C5CC5)CC4)CC3)cc2NC(=O)c2cnn3cccnc23)cc1. The number of benzene rings is 1. The molecule has 202 valence electrons. The molecular formula is C30H36N8O. The highest BCUT2D eigenvalue weighted by molar-refractivity contribution is 6.07. The summed E-state index contributed by atoms with van der Waals surface area (Å²) in [6, 6.07) is 13.7. The van der Waals surface area contributed by atoms with Gasteiger partial charge in [0, 0.05) is 36.5 Å². The largest absolute Gasteiger partial charge is 0.306 e. The van der Waals surface area contributed by atoms with E-state index >= 15 is 0 Å². The van der Waals surface area contributed by atoms with Crippen molar-refractivity contribution in [1.82, 2.24) is 34.2 Å². The molecule has 9 heteroatoms. The first-order valence-corrected chi connectivity index (χ1v) is 14.4. The first kappa shape index (κ1) is 24.5. The zero-order chi connectivity index (χ0) is 26.3. The van der Waals surface area contributed by atoms with Gasteiger partial charge >= 0.3 is 0 Å². The third-order valence-corrected chi connectivity index (χ3v) is 8.80. The standard InChI is InChI=1S/C30H36N8O/c1-21-3-5-25(6-4-21)38-28(33-30(39)26-20-32-37-14-2-13-31-29(26)37)19-27(34-38)22-9-15-35(16-10-22)24-11-17-36(18-12-24)23-7-8-23/h2-6,13-14,19-20,22-24H,7-12,15-18H2,1H3,(H,33,39). The lowest BCUT2D eigenvalue weighted by Crippen LogP contribution is -2.48. The van der Waals surface area contributed by atoms with Gasteiger partial charge in [-0.05, 0) is 89.8 Å². The predicted molar refractivity (Wildman–Crippen MR) is 150 cm³/mol. The van der Waals surface area contributed by atoms with Gasteiger partial charge in [-0.25, -0.2) is 14.2 Å². The van der Waals surface area contributed by atoms with Crippen LogP contribution in [-0.4, -0.2) is 78.3 Å². The Hall–Kier alpha value is -3.56. The summed E-state index contributed by atoms with van der Waals surface area (Å²) in [6.45, 7) is 6.84. The highest BCUT2D eigenvalue weighted by atomic mass is 16.1. The molecule has 4 aromatic rings. The summed E-state index contributed by atoms with van der Waals surface area (Å²) in [5.74, 6) is 0.814. The van der Waals surface area contributed by atoms with Gasteiger partial charge in [-0.15, -0.1) is 0 Å². The molecule has 1 aliphatic carbocycles. The zero-order valence-corrected chi connectivity index (χ0v) is 22.5. The van der Waals surface area contributed by atoms with Gasteiger partial charge in [0.25, 0.3) is 5.91 Å². The van der Waals surface area contributed by atoms with Gasteiger partial charge in [0.1, 0.15) is 11.4 Å². The van der Waals surface area contributed by atoms with Crippen molar-refractivity contribution in [1.29, 1.82) is 0 Å². The van der Waals surface area contributed by atoms with E-state index in [1.165, 1.54) is 44.3 Å². The monoisotopic (exact) mass is 524 g/mol. The molecule has 3 aliphatic rings. The third-order valence-electron chi connectivity index (χ3n) is 8.80. The summed E-state index contributed by atoms with van der Waals surface area (Å²) in [4.78, 5) is 23.1. The first-order valence-electron chi connectivity index (χ1n) is 14.4. The van der Waals surface area contributed by atoms with Gasteiger partial charge in [0.2, 0.25) is 0 Å². The van der Waals surface area contributed by atoms with Crippen LogP contribution in [0.3, 0.4) is 0 Å². The van der Waals surface area contributed by atoms with Gasteiger partial charge in [-0.2, -0.15) is 10.2 Å². The Morgan fingerprint density at radius 2 is 1.62 bits per heavy atom. The Labute approximate surface area is 228 Å². The number of fused-ring (bicyclic) bond motifs is 1. The summed E-state index contributed by atoms with van der Waals surface area (Å²) >= 11 is 0. The van der Waals surface area contributed by atoms with Crippen LogP contribution in [-0.2, 0) is 0 Å².